The van der Waals surface area contributed by atoms with Crippen LogP contribution in [0.4, 0.5) is 17.6 Å². The standard InChI is InChI=1S/C13H18F4O/c1-7(2)5-8-10(14)11(15)9(6-18-4)13(3,17)12(8)16/h7,12H,5-6H2,1-4H3/t12-,13+/m0/s1. The molecule has 0 aromatic rings. The highest BCUT2D eigenvalue weighted by Crippen LogP contribution is 2.44. The predicted molar refractivity (Wildman–Crippen MR) is 62.0 cm³/mol. The van der Waals surface area contributed by atoms with Gasteiger partial charge in [-0.3, -0.25) is 0 Å². The lowest BCUT2D eigenvalue weighted by atomic mass is 9.80. The third kappa shape index (κ3) is 2.60. The van der Waals surface area contributed by atoms with E-state index in [-0.39, 0.29) is 12.3 Å². The van der Waals surface area contributed by atoms with Gasteiger partial charge in [-0.2, -0.15) is 0 Å². The van der Waals surface area contributed by atoms with Crippen molar-refractivity contribution in [3.8, 4) is 0 Å². The maximum absolute atomic E-state index is 14.3. The smallest absolute Gasteiger partial charge is 0.169 e. The van der Waals surface area contributed by atoms with Gasteiger partial charge in [0.25, 0.3) is 0 Å². The van der Waals surface area contributed by atoms with E-state index in [2.05, 4.69) is 4.74 Å². The molecule has 0 aromatic heterocycles. The summed E-state index contributed by atoms with van der Waals surface area (Å²) in [7, 11) is 1.22. The lowest BCUT2D eigenvalue weighted by molar-refractivity contribution is 0.0871. The molecule has 1 nitrogen and oxygen atoms in total. The van der Waals surface area contributed by atoms with Crippen LogP contribution in [0.2, 0.25) is 0 Å². The molecule has 0 heterocycles. The summed E-state index contributed by atoms with van der Waals surface area (Å²) in [6.07, 6.45) is -2.19. The number of hydrogen-bond donors (Lipinski definition) is 0. The summed E-state index contributed by atoms with van der Waals surface area (Å²) in [5.41, 5.74) is -3.62. The molecule has 0 aliphatic heterocycles. The van der Waals surface area contributed by atoms with Gasteiger partial charge in [0, 0.05) is 18.3 Å². The van der Waals surface area contributed by atoms with E-state index in [1.165, 1.54) is 7.11 Å². The van der Waals surface area contributed by atoms with Crippen molar-refractivity contribution in [1.82, 2.24) is 0 Å². The Hall–Kier alpha value is -0.840. The highest BCUT2D eigenvalue weighted by Gasteiger charge is 2.48. The van der Waals surface area contributed by atoms with Crippen LogP contribution in [-0.2, 0) is 4.74 Å². The molecule has 0 N–H and O–H groups in total. The van der Waals surface area contributed by atoms with Crippen molar-refractivity contribution in [2.24, 2.45) is 5.92 Å². The molecule has 18 heavy (non-hydrogen) atoms. The molecular formula is C13H18F4O. The first-order valence-electron chi connectivity index (χ1n) is 5.83. The van der Waals surface area contributed by atoms with Gasteiger partial charge in [0.1, 0.15) is 0 Å². The van der Waals surface area contributed by atoms with Crippen LogP contribution in [-0.4, -0.2) is 25.6 Å². The highest BCUT2D eigenvalue weighted by molar-refractivity contribution is 5.44. The van der Waals surface area contributed by atoms with Gasteiger partial charge in [-0.25, -0.2) is 17.6 Å². The molecule has 1 aliphatic rings. The largest absolute Gasteiger partial charge is 0.380 e. The minimum Gasteiger partial charge on any atom is -0.380 e. The monoisotopic (exact) mass is 266 g/mol. The molecule has 0 aromatic carbocycles. The molecule has 0 saturated carbocycles. The lowest BCUT2D eigenvalue weighted by Gasteiger charge is -2.33. The number of alkyl halides is 2. The van der Waals surface area contributed by atoms with E-state index >= 15 is 0 Å². The summed E-state index contributed by atoms with van der Waals surface area (Å²) in [6.45, 7) is 3.91. The van der Waals surface area contributed by atoms with E-state index in [1.54, 1.807) is 13.8 Å². The molecule has 0 spiro atoms. The van der Waals surface area contributed by atoms with Crippen molar-refractivity contribution in [2.45, 2.75) is 39.0 Å². The Labute approximate surface area is 105 Å². The topological polar surface area (TPSA) is 9.23 Å². The normalized spacial score (nSPS) is 29.5. The Bertz CT molecular complexity index is 382. The van der Waals surface area contributed by atoms with Crippen LogP contribution in [0, 0.1) is 5.92 Å². The summed E-state index contributed by atoms with van der Waals surface area (Å²) >= 11 is 0. The second kappa shape index (κ2) is 5.43. The van der Waals surface area contributed by atoms with Gasteiger partial charge in [-0.05, 0) is 19.3 Å². The molecule has 0 fully saturated rings. The molecule has 0 saturated heterocycles. The lowest BCUT2D eigenvalue weighted by Crippen LogP contribution is -2.40. The van der Waals surface area contributed by atoms with E-state index in [0.29, 0.717) is 0 Å². The number of allylic oxidation sites excluding steroid dienone is 3. The summed E-state index contributed by atoms with van der Waals surface area (Å²) in [6, 6.07) is 0. The zero-order chi connectivity index (χ0) is 14.1. The van der Waals surface area contributed by atoms with Crippen molar-refractivity contribution < 1.29 is 22.3 Å². The maximum atomic E-state index is 14.3. The maximum Gasteiger partial charge on any atom is 0.169 e. The molecular weight excluding hydrogens is 248 g/mol. The Morgan fingerprint density at radius 2 is 1.83 bits per heavy atom. The van der Waals surface area contributed by atoms with Crippen LogP contribution in [0.15, 0.2) is 22.8 Å². The molecule has 0 bridgehead atoms. The van der Waals surface area contributed by atoms with Crippen LogP contribution in [0.1, 0.15) is 27.2 Å². The predicted octanol–water partition coefficient (Wildman–Crippen LogP) is 4.21. The van der Waals surface area contributed by atoms with Crippen LogP contribution >= 0.6 is 0 Å². The highest BCUT2D eigenvalue weighted by atomic mass is 19.2. The van der Waals surface area contributed by atoms with Gasteiger partial charge in [0.2, 0.25) is 0 Å². The number of hydrogen-bond acceptors (Lipinski definition) is 1. The number of rotatable bonds is 4. The van der Waals surface area contributed by atoms with E-state index in [9.17, 15) is 17.6 Å². The zero-order valence-corrected chi connectivity index (χ0v) is 11.0. The van der Waals surface area contributed by atoms with Gasteiger partial charge in [0.15, 0.2) is 23.5 Å². The van der Waals surface area contributed by atoms with Crippen molar-refractivity contribution in [1.29, 1.82) is 0 Å². The minimum absolute atomic E-state index is 0.0137. The SMILES string of the molecule is COCC1=C(F)C(F)=C(CC(C)C)[C@H](F)[C@]1(C)F. The first-order valence-corrected chi connectivity index (χ1v) is 5.83. The van der Waals surface area contributed by atoms with Crippen molar-refractivity contribution in [3.63, 3.8) is 0 Å². The molecule has 5 heteroatoms. The van der Waals surface area contributed by atoms with Crippen molar-refractivity contribution in [2.75, 3.05) is 13.7 Å². The van der Waals surface area contributed by atoms with Gasteiger partial charge in [0.05, 0.1) is 6.61 Å². The Morgan fingerprint density at radius 3 is 2.28 bits per heavy atom. The average molecular weight is 266 g/mol. The number of methoxy groups -OCH3 is 1. The fraction of sp³-hybridized carbons (Fsp3) is 0.692. The second-order valence-corrected chi connectivity index (χ2v) is 5.10. The molecule has 1 rings (SSSR count). The quantitative estimate of drug-likeness (QED) is 0.693. The fourth-order valence-electron chi connectivity index (χ4n) is 2.06. The molecule has 1 aliphatic carbocycles. The number of ether oxygens (including phenoxy) is 1. The summed E-state index contributed by atoms with van der Waals surface area (Å²) in [4.78, 5) is 0. The molecule has 0 amide bonds. The molecule has 2 atom stereocenters. The van der Waals surface area contributed by atoms with Gasteiger partial charge < -0.3 is 4.74 Å². The van der Waals surface area contributed by atoms with Gasteiger partial charge in [-0.15, -0.1) is 0 Å². The Balaban J connectivity index is 3.28. The average Bonchev–Trinajstić information content (AvgIpc) is 2.28. The Morgan fingerprint density at radius 1 is 1.28 bits per heavy atom. The second-order valence-electron chi connectivity index (χ2n) is 5.10. The third-order valence-electron chi connectivity index (χ3n) is 3.03. The summed E-state index contributed by atoms with van der Waals surface area (Å²) in [5.74, 6) is -2.69. The first kappa shape index (κ1) is 15.2. The van der Waals surface area contributed by atoms with E-state index < -0.39 is 41.2 Å². The summed E-state index contributed by atoms with van der Waals surface area (Å²) < 4.78 is 60.5. The van der Waals surface area contributed by atoms with Crippen LogP contribution in [0.3, 0.4) is 0 Å². The summed E-state index contributed by atoms with van der Waals surface area (Å²) in [5, 5.41) is 0. The molecule has 104 valence electrons. The van der Waals surface area contributed by atoms with Crippen molar-refractivity contribution in [3.05, 3.63) is 22.8 Å². The fourth-order valence-corrected chi connectivity index (χ4v) is 2.06. The number of halogens is 4. The van der Waals surface area contributed by atoms with E-state index in [1.807, 2.05) is 0 Å². The molecule has 0 radical (unpaired) electrons. The Kier molecular flexibility index (Phi) is 4.59. The van der Waals surface area contributed by atoms with Crippen LogP contribution in [0.25, 0.3) is 0 Å². The molecule has 0 unspecified atom stereocenters. The van der Waals surface area contributed by atoms with Crippen LogP contribution in [0.5, 0.6) is 0 Å². The zero-order valence-electron chi connectivity index (χ0n) is 11.0. The van der Waals surface area contributed by atoms with E-state index in [0.717, 1.165) is 6.92 Å². The van der Waals surface area contributed by atoms with Crippen LogP contribution < -0.4 is 0 Å². The van der Waals surface area contributed by atoms with Crippen molar-refractivity contribution >= 4 is 0 Å². The first-order chi connectivity index (χ1) is 8.23. The van der Waals surface area contributed by atoms with Gasteiger partial charge in [-0.1, -0.05) is 13.8 Å². The van der Waals surface area contributed by atoms with E-state index in [4.69, 9.17) is 0 Å². The minimum atomic E-state index is -2.57. The van der Waals surface area contributed by atoms with Gasteiger partial charge >= 0.3 is 0 Å². The third-order valence-corrected chi connectivity index (χ3v) is 3.03.